The maximum Gasteiger partial charge on any atom is 0.257 e. The second-order valence-electron chi connectivity index (χ2n) is 6.93. The highest BCUT2D eigenvalue weighted by Gasteiger charge is 2.26. The number of piperidine rings is 1. The summed E-state index contributed by atoms with van der Waals surface area (Å²) in [5.74, 6) is 1.39. The van der Waals surface area contributed by atoms with Crippen molar-refractivity contribution in [1.29, 1.82) is 0 Å². The van der Waals surface area contributed by atoms with Crippen molar-refractivity contribution >= 4 is 21.8 Å². The second kappa shape index (κ2) is 8.12. The van der Waals surface area contributed by atoms with Crippen molar-refractivity contribution in [3.63, 3.8) is 0 Å². The first-order valence-corrected chi connectivity index (χ1v) is 9.68. The number of aromatic hydroxyl groups is 1. The first kappa shape index (κ1) is 18.8. The lowest BCUT2D eigenvalue weighted by molar-refractivity contribution is 0.0687. The summed E-state index contributed by atoms with van der Waals surface area (Å²) in [5.41, 5.74) is 2.63. The third kappa shape index (κ3) is 4.21. The molecule has 0 saturated carbocycles. The number of phenols is 1. The van der Waals surface area contributed by atoms with Crippen molar-refractivity contribution in [2.75, 3.05) is 20.2 Å². The van der Waals surface area contributed by atoms with Gasteiger partial charge in [0.25, 0.3) is 5.91 Å². The molecule has 1 heterocycles. The lowest BCUT2D eigenvalue weighted by Gasteiger charge is -2.32. The van der Waals surface area contributed by atoms with Crippen molar-refractivity contribution in [1.82, 2.24) is 4.90 Å². The Labute approximate surface area is 162 Å². The monoisotopic (exact) mass is 417 g/mol. The Morgan fingerprint density at radius 3 is 2.50 bits per heavy atom. The molecular weight excluding hydrogens is 394 g/mol. The highest BCUT2D eigenvalue weighted by atomic mass is 79.9. The van der Waals surface area contributed by atoms with Crippen LogP contribution in [0.3, 0.4) is 0 Å². The molecular formula is C21H24BrNO3. The van der Waals surface area contributed by atoms with Gasteiger partial charge in [-0.1, -0.05) is 12.1 Å². The number of rotatable bonds is 4. The molecule has 0 radical (unpaired) electrons. The molecule has 0 aliphatic carbocycles. The van der Waals surface area contributed by atoms with Crippen LogP contribution in [-0.2, 0) is 6.42 Å². The number of methoxy groups -OCH3 is 1. The van der Waals surface area contributed by atoms with E-state index in [1.54, 1.807) is 13.2 Å². The van der Waals surface area contributed by atoms with Gasteiger partial charge in [-0.05, 0) is 83.4 Å². The van der Waals surface area contributed by atoms with Crippen molar-refractivity contribution in [2.45, 2.75) is 26.2 Å². The van der Waals surface area contributed by atoms with E-state index in [2.05, 4.69) is 28.1 Å². The summed E-state index contributed by atoms with van der Waals surface area (Å²) in [4.78, 5) is 14.6. The molecule has 1 aliphatic rings. The van der Waals surface area contributed by atoms with Crippen molar-refractivity contribution in [3.8, 4) is 11.5 Å². The van der Waals surface area contributed by atoms with Gasteiger partial charge in [-0.2, -0.15) is 0 Å². The zero-order chi connectivity index (χ0) is 18.7. The number of aryl methyl sites for hydroxylation is 1. The van der Waals surface area contributed by atoms with Gasteiger partial charge in [0, 0.05) is 13.1 Å². The van der Waals surface area contributed by atoms with Crippen molar-refractivity contribution < 1.29 is 14.6 Å². The molecule has 1 saturated heterocycles. The first-order chi connectivity index (χ1) is 12.5. The molecule has 2 aromatic rings. The van der Waals surface area contributed by atoms with Crippen LogP contribution in [0, 0.1) is 12.8 Å². The lowest BCUT2D eigenvalue weighted by atomic mass is 9.90. The van der Waals surface area contributed by atoms with Gasteiger partial charge in [0.15, 0.2) is 0 Å². The van der Waals surface area contributed by atoms with Crippen molar-refractivity contribution in [2.24, 2.45) is 5.92 Å². The lowest BCUT2D eigenvalue weighted by Crippen LogP contribution is -2.39. The minimum absolute atomic E-state index is 0.0287. The summed E-state index contributed by atoms with van der Waals surface area (Å²) in [5, 5.41) is 10.2. The average molecular weight is 418 g/mol. The SMILES string of the molecule is COc1ccc(CC2CCN(C(=O)c3cc(C)cc(Br)c3O)CC2)cc1. The summed E-state index contributed by atoms with van der Waals surface area (Å²) in [6, 6.07) is 11.8. The third-order valence-electron chi connectivity index (χ3n) is 5.02. The molecule has 3 rings (SSSR count). The molecule has 0 bridgehead atoms. The van der Waals surface area contributed by atoms with Gasteiger partial charge >= 0.3 is 0 Å². The fraction of sp³-hybridized carbons (Fsp3) is 0.381. The number of benzene rings is 2. The van der Waals surface area contributed by atoms with Crippen LogP contribution in [0.2, 0.25) is 0 Å². The standard InChI is InChI=1S/C21H24BrNO3/c1-14-11-18(20(24)19(22)12-14)21(25)23-9-7-16(8-10-23)13-15-3-5-17(26-2)6-4-15/h3-6,11-12,16,24H,7-10,13H2,1-2H3. The number of phenolic OH excluding ortho intramolecular Hbond substituents is 1. The van der Waals surface area contributed by atoms with E-state index >= 15 is 0 Å². The van der Waals surface area contributed by atoms with Crippen LogP contribution in [0.1, 0.15) is 34.3 Å². The minimum atomic E-state index is -0.0882. The number of halogens is 1. The normalized spacial score (nSPS) is 15.1. The molecule has 0 atom stereocenters. The average Bonchev–Trinajstić information content (AvgIpc) is 2.65. The predicted octanol–water partition coefficient (Wildman–Crippen LogP) is 4.57. The van der Waals surface area contributed by atoms with E-state index in [0.717, 1.165) is 43.7 Å². The fourth-order valence-electron chi connectivity index (χ4n) is 3.50. The maximum absolute atomic E-state index is 12.8. The Morgan fingerprint density at radius 1 is 1.23 bits per heavy atom. The van der Waals surface area contributed by atoms with Crippen LogP contribution in [0.15, 0.2) is 40.9 Å². The second-order valence-corrected chi connectivity index (χ2v) is 7.79. The molecule has 2 aromatic carbocycles. The molecule has 1 fully saturated rings. The Bertz CT molecular complexity index is 781. The number of hydrogen-bond donors (Lipinski definition) is 1. The molecule has 0 aromatic heterocycles. The van der Waals surface area contributed by atoms with Gasteiger partial charge in [-0.3, -0.25) is 4.79 Å². The Morgan fingerprint density at radius 2 is 1.88 bits per heavy atom. The smallest absolute Gasteiger partial charge is 0.257 e. The van der Waals surface area contributed by atoms with E-state index in [-0.39, 0.29) is 11.7 Å². The van der Waals surface area contributed by atoms with Crippen LogP contribution >= 0.6 is 15.9 Å². The predicted molar refractivity (Wildman–Crippen MR) is 106 cm³/mol. The van der Waals surface area contributed by atoms with Crippen LogP contribution in [0.5, 0.6) is 11.5 Å². The molecule has 0 spiro atoms. The Balaban J connectivity index is 1.60. The van der Waals surface area contributed by atoms with Crippen LogP contribution in [-0.4, -0.2) is 36.1 Å². The topological polar surface area (TPSA) is 49.8 Å². The zero-order valence-electron chi connectivity index (χ0n) is 15.2. The summed E-state index contributed by atoms with van der Waals surface area (Å²) >= 11 is 3.32. The number of hydrogen-bond acceptors (Lipinski definition) is 3. The number of nitrogens with zero attached hydrogens (tertiary/aromatic N) is 1. The molecule has 1 amide bonds. The quantitative estimate of drug-likeness (QED) is 0.792. The van der Waals surface area contributed by atoms with E-state index < -0.39 is 0 Å². The molecule has 0 unspecified atom stereocenters. The summed E-state index contributed by atoms with van der Waals surface area (Å²) in [6.07, 6.45) is 2.98. The molecule has 26 heavy (non-hydrogen) atoms. The van der Waals surface area contributed by atoms with E-state index in [1.165, 1.54) is 5.56 Å². The molecule has 1 aliphatic heterocycles. The number of ether oxygens (including phenoxy) is 1. The fourth-order valence-corrected chi connectivity index (χ4v) is 4.08. The summed E-state index contributed by atoms with van der Waals surface area (Å²) < 4.78 is 5.77. The number of amides is 1. The Hall–Kier alpha value is -2.01. The van der Waals surface area contributed by atoms with Gasteiger partial charge in [-0.25, -0.2) is 0 Å². The highest BCUT2D eigenvalue weighted by Crippen LogP contribution is 2.31. The summed E-state index contributed by atoms with van der Waals surface area (Å²) in [6.45, 7) is 3.37. The largest absolute Gasteiger partial charge is 0.506 e. The minimum Gasteiger partial charge on any atom is -0.506 e. The first-order valence-electron chi connectivity index (χ1n) is 8.89. The number of likely N-dealkylation sites (tertiary alicyclic amines) is 1. The zero-order valence-corrected chi connectivity index (χ0v) is 16.8. The van der Waals surface area contributed by atoms with E-state index in [1.807, 2.05) is 30.0 Å². The van der Waals surface area contributed by atoms with Gasteiger partial charge in [0.2, 0.25) is 0 Å². The van der Waals surface area contributed by atoms with Crippen LogP contribution in [0.25, 0.3) is 0 Å². The number of carbonyl (C=O) groups excluding carboxylic acids is 1. The number of carbonyl (C=O) groups is 1. The molecule has 5 heteroatoms. The van der Waals surface area contributed by atoms with Crippen molar-refractivity contribution in [3.05, 3.63) is 57.6 Å². The summed E-state index contributed by atoms with van der Waals surface area (Å²) in [7, 11) is 1.67. The Kier molecular flexibility index (Phi) is 5.87. The van der Waals surface area contributed by atoms with E-state index in [9.17, 15) is 9.90 Å². The third-order valence-corrected chi connectivity index (χ3v) is 5.63. The van der Waals surface area contributed by atoms with Gasteiger partial charge in [-0.15, -0.1) is 0 Å². The van der Waals surface area contributed by atoms with Crippen LogP contribution in [0.4, 0.5) is 0 Å². The maximum atomic E-state index is 12.8. The molecule has 4 nitrogen and oxygen atoms in total. The van der Waals surface area contributed by atoms with Gasteiger partial charge < -0.3 is 14.7 Å². The van der Waals surface area contributed by atoms with E-state index in [0.29, 0.717) is 16.0 Å². The van der Waals surface area contributed by atoms with Gasteiger partial charge in [0.1, 0.15) is 11.5 Å². The molecule has 1 N–H and O–H groups in total. The van der Waals surface area contributed by atoms with Crippen LogP contribution < -0.4 is 4.74 Å². The highest BCUT2D eigenvalue weighted by molar-refractivity contribution is 9.10. The molecule has 138 valence electrons. The van der Waals surface area contributed by atoms with E-state index in [4.69, 9.17) is 4.74 Å². The van der Waals surface area contributed by atoms with Gasteiger partial charge in [0.05, 0.1) is 17.1 Å².